The minimum Gasteiger partial charge on any atom is -0.282 e. The Balaban J connectivity index is 2.91. The Morgan fingerprint density at radius 3 is 2.89 bits per heavy atom. The predicted molar refractivity (Wildman–Crippen MR) is 39.1 cm³/mol. The van der Waals surface area contributed by atoms with E-state index in [0.717, 1.165) is 5.57 Å². The van der Waals surface area contributed by atoms with Crippen LogP contribution in [0.5, 0.6) is 0 Å². The van der Waals surface area contributed by atoms with E-state index in [-0.39, 0.29) is 0 Å². The van der Waals surface area contributed by atoms with E-state index in [4.69, 9.17) is 5.41 Å². The lowest BCUT2D eigenvalue weighted by molar-refractivity contribution is 1.41. The number of nitrogens with one attached hydrogen (secondary N) is 1. The number of hydrogen-bond acceptors (Lipinski definition) is 1. The number of aliphatic imine (C=N–C) groups is 1. The molecule has 46 valence electrons. The molecule has 0 atom stereocenters. The summed E-state index contributed by atoms with van der Waals surface area (Å²) in [6.07, 6.45) is 7.19. The molecular formula is C7H8N2. The zero-order chi connectivity index (χ0) is 6.69. The number of nitrogens with zero attached hydrogens (tertiary/aromatic N) is 1. The van der Waals surface area contributed by atoms with E-state index in [1.54, 1.807) is 6.21 Å². The summed E-state index contributed by atoms with van der Waals surface area (Å²) in [5, 5.41) is 7.23. The molecule has 0 unspecified atom stereocenters. The van der Waals surface area contributed by atoms with Gasteiger partial charge in [-0.05, 0) is 13.0 Å². The van der Waals surface area contributed by atoms with Crippen molar-refractivity contribution in [3.63, 3.8) is 0 Å². The quantitative estimate of drug-likeness (QED) is 0.503. The summed E-state index contributed by atoms with van der Waals surface area (Å²) in [6, 6.07) is 0. The van der Waals surface area contributed by atoms with Gasteiger partial charge >= 0.3 is 0 Å². The third kappa shape index (κ3) is 1.13. The first-order chi connectivity index (χ1) is 4.34. The molecule has 2 heteroatoms. The number of hydrogen-bond donors (Lipinski definition) is 1. The van der Waals surface area contributed by atoms with Crippen molar-refractivity contribution in [1.29, 1.82) is 5.41 Å². The van der Waals surface area contributed by atoms with Gasteiger partial charge in [0, 0.05) is 11.8 Å². The summed E-state index contributed by atoms with van der Waals surface area (Å²) in [7, 11) is 0. The van der Waals surface area contributed by atoms with Crippen molar-refractivity contribution in [1.82, 2.24) is 0 Å². The molecule has 1 aliphatic rings. The van der Waals surface area contributed by atoms with Crippen LogP contribution in [-0.2, 0) is 0 Å². The number of rotatable bonds is 0. The maximum atomic E-state index is 7.23. The van der Waals surface area contributed by atoms with Crippen LogP contribution in [0.25, 0.3) is 0 Å². The highest BCUT2D eigenvalue weighted by Gasteiger charge is 1.98. The Hall–Kier alpha value is -1.18. The van der Waals surface area contributed by atoms with Gasteiger partial charge in [0.05, 0.1) is 0 Å². The average molecular weight is 120 g/mol. The van der Waals surface area contributed by atoms with Gasteiger partial charge in [-0.15, -0.1) is 0 Å². The maximum absolute atomic E-state index is 7.23. The Labute approximate surface area is 54.1 Å². The molecule has 0 aromatic rings. The second kappa shape index (κ2) is 2.40. The molecule has 1 aliphatic heterocycles. The van der Waals surface area contributed by atoms with Crippen molar-refractivity contribution in [2.75, 3.05) is 0 Å². The first-order valence-corrected chi connectivity index (χ1v) is 2.80. The molecule has 9 heavy (non-hydrogen) atoms. The van der Waals surface area contributed by atoms with Gasteiger partial charge in [-0.25, -0.2) is 4.99 Å². The lowest BCUT2D eigenvalue weighted by Crippen LogP contribution is -1.98. The van der Waals surface area contributed by atoms with Gasteiger partial charge in [0.25, 0.3) is 0 Å². The maximum Gasteiger partial charge on any atom is 0.151 e. The van der Waals surface area contributed by atoms with Gasteiger partial charge in [-0.1, -0.05) is 12.2 Å². The first-order valence-electron chi connectivity index (χ1n) is 2.80. The van der Waals surface area contributed by atoms with Gasteiger partial charge < -0.3 is 0 Å². The molecule has 0 spiro atoms. The average Bonchev–Trinajstić information content (AvgIpc) is 1.89. The minimum absolute atomic E-state index is 0.347. The fourth-order valence-electron chi connectivity index (χ4n) is 0.651. The van der Waals surface area contributed by atoms with Crippen molar-refractivity contribution < 1.29 is 0 Å². The van der Waals surface area contributed by atoms with Crippen LogP contribution < -0.4 is 0 Å². The Bertz CT molecular complexity index is 209. The Morgan fingerprint density at radius 1 is 1.67 bits per heavy atom. The smallest absolute Gasteiger partial charge is 0.151 e. The molecule has 0 aliphatic carbocycles. The number of allylic oxidation sites excluding steroid dienone is 2. The van der Waals surface area contributed by atoms with E-state index in [2.05, 4.69) is 4.99 Å². The number of amidine groups is 1. The summed E-state index contributed by atoms with van der Waals surface area (Å²) >= 11 is 0. The number of dihydropyridines is 1. The largest absolute Gasteiger partial charge is 0.282 e. The van der Waals surface area contributed by atoms with Crippen LogP contribution in [-0.4, -0.2) is 12.1 Å². The molecule has 0 aromatic heterocycles. The van der Waals surface area contributed by atoms with Crippen molar-refractivity contribution in [2.45, 2.75) is 6.92 Å². The van der Waals surface area contributed by atoms with Crippen LogP contribution in [0.3, 0.4) is 0 Å². The zero-order valence-electron chi connectivity index (χ0n) is 5.26. The monoisotopic (exact) mass is 120 g/mol. The van der Waals surface area contributed by atoms with Crippen LogP contribution in [0.4, 0.5) is 0 Å². The summed E-state index contributed by atoms with van der Waals surface area (Å²) in [6.45, 7) is 1.90. The van der Waals surface area contributed by atoms with Crippen molar-refractivity contribution in [2.24, 2.45) is 4.99 Å². The fraction of sp³-hybridized carbons (Fsp3) is 0.143. The first kappa shape index (κ1) is 5.95. The predicted octanol–water partition coefficient (Wildman–Crippen LogP) is 1.55. The zero-order valence-corrected chi connectivity index (χ0v) is 5.26. The van der Waals surface area contributed by atoms with Crippen molar-refractivity contribution in [3.05, 3.63) is 23.8 Å². The lowest BCUT2D eigenvalue weighted by atomic mass is 10.2. The van der Waals surface area contributed by atoms with E-state index < -0.39 is 0 Å². The van der Waals surface area contributed by atoms with Crippen LogP contribution in [0.15, 0.2) is 28.8 Å². The van der Waals surface area contributed by atoms with Gasteiger partial charge in [0.1, 0.15) is 0 Å². The third-order valence-corrected chi connectivity index (χ3v) is 1.15. The van der Waals surface area contributed by atoms with E-state index in [9.17, 15) is 0 Å². The molecule has 1 rings (SSSR count). The Kier molecular flexibility index (Phi) is 1.58. The fourth-order valence-corrected chi connectivity index (χ4v) is 0.651. The molecule has 2 nitrogen and oxygen atoms in total. The summed E-state index contributed by atoms with van der Waals surface area (Å²) in [4.78, 5) is 3.79. The van der Waals surface area contributed by atoms with Gasteiger partial charge in [0.15, 0.2) is 5.84 Å². The topological polar surface area (TPSA) is 36.2 Å². The minimum atomic E-state index is 0.347. The molecule has 0 saturated heterocycles. The molecule has 0 radical (unpaired) electrons. The van der Waals surface area contributed by atoms with E-state index in [0.29, 0.717) is 5.84 Å². The highest BCUT2D eigenvalue weighted by atomic mass is 14.8. The summed E-state index contributed by atoms with van der Waals surface area (Å²) in [5.41, 5.74) is 0.887. The standard InChI is InChI=1S/C7H8N2/c1-2-6-4-3-5-9-7(6)8/h2-5,8H,1H3/b6-2+,8-7?. The second-order valence-corrected chi connectivity index (χ2v) is 1.73. The van der Waals surface area contributed by atoms with Crippen LogP contribution in [0.2, 0.25) is 0 Å². The van der Waals surface area contributed by atoms with Crippen LogP contribution in [0.1, 0.15) is 6.92 Å². The van der Waals surface area contributed by atoms with Gasteiger partial charge in [-0.2, -0.15) is 0 Å². The van der Waals surface area contributed by atoms with Gasteiger partial charge in [-0.3, -0.25) is 5.41 Å². The summed E-state index contributed by atoms with van der Waals surface area (Å²) < 4.78 is 0. The van der Waals surface area contributed by atoms with Crippen LogP contribution in [0, 0.1) is 5.41 Å². The molecule has 0 bridgehead atoms. The normalized spacial score (nSPS) is 21.4. The third-order valence-electron chi connectivity index (χ3n) is 1.15. The Morgan fingerprint density at radius 2 is 2.44 bits per heavy atom. The van der Waals surface area contributed by atoms with E-state index in [1.165, 1.54) is 0 Å². The van der Waals surface area contributed by atoms with Gasteiger partial charge in [0.2, 0.25) is 0 Å². The van der Waals surface area contributed by atoms with Crippen molar-refractivity contribution >= 4 is 12.1 Å². The molecular weight excluding hydrogens is 112 g/mol. The molecule has 0 aromatic carbocycles. The molecule has 0 amide bonds. The highest BCUT2D eigenvalue weighted by molar-refractivity contribution is 6.06. The van der Waals surface area contributed by atoms with E-state index >= 15 is 0 Å². The summed E-state index contributed by atoms with van der Waals surface area (Å²) in [5.74, 6) is 0.347. The van der Waals surface area contributed by atoms with Crippen molar-refractivity contribution in [3.8, 4) is 0 Å². The lowest BCUT2D eigenvalue weighted by Gasteiger charge is -1.99. The molecule has 1 N–H and O–H groups in total. The molecule has 0 saturated carbocycles. The molecule has 0 fully saturated rings. The molecule has 1 heterocycles. The van der Waals surface area contributed by atoms with E-state index in [1.807, 2.05) is 25.2 Å². The van der Waals surface area contributed by atoms with Crippen LogP contribution >= 0.6 is 0 Å². The second-order valence-electron chi connectivity index (χ2n) is 1.73. The SMILES string of the molecule is C/C=C1\C=CC=NC1=N. The highest BCUT2D eigenvalue weighted by Crippen LogP contribution is 2.02.